The van der Waals surface area contributed by atoms with Crippen molar-refractivity contribution in [1.29, 1.82) is 5.26 Å². The minimum absolute atomic E-state index is 0.00827. The monoisotopic (exact) mass is 800 g/mol. The Morgan fingerprint density at radius 3 is 2.20 bits per heavy atom. The van der Waals surface area contributed by atoms with Gasteiger partial charge in [-0.05, 0) is 35.8 Å². The van der Waals surface area contributed by atoms with Gasteiger partial charge in [0.2, 0.25) is 5.60 Å². The predicted molar refractivity (Wildman–Crippen MR) is 206 cm³/mol. The number of nitrogen functional groups attached to an aromatic ring is 1. The van der Waals surface area contributed by atoms with Crippen LogP contribution in [0.3, 0.4) is 0 Å². The average molecular weight is 801 g/mol. The minimum atomic E-state index is -4.81. The van der Waals surface area contributed by atoms with E-state index in [1.807, 2.05) is 6.07 Å². The van der Waals surface area contributed by atoms with Gasteiger partial charge in [-0.2, -0.15) is 10.4 Å². The Bertz CT molecular complexity index is 1740. The zero-order valence-corrected chi connectivity index (χ0v) is 33.2. The zero-order chi connectivity index (χ0) is 40.2. The number of nitrogens with two attached hydrogens (primary N) is 1. The number of unbranched alkanes of at least 4 members (excludes halogenated alkanes) is 15. The molecule has 0 radical (unpaired) electrons. The Labute approximate surface area is 328 Å². The zero-order valence-electron chi connectivity index (χ0n) is 32.3. The highest BCUT2D eigenvalue weighted by Gasteiger charge is 2.58. The third-order valence-corrected chi connectivity index (χ3v) is 10.7. The summed E-state index contributed by atoms with van der Waals surface area (Å²) in [6.45, 7) is 8.59. The molecule has 56 heavy (non-hydrogen) atoms. The van der Waals surface area contributed by atoms with Crippen molar-refractivity contribution in [1.82, 2.24) is 24.8 Å². The number of anilines is 1. The molecular weight excluding hydrogens is 743 g/mol. The lowest BCUT2D eigenvalue weighted by Gasteiger charge is -2.24. The van der Waals surface area contributed by atoms with Gasteiger partial charge in [-0.3, -0.25) is 9.05 Å². The third kappa shape index (κ3) is 13.4. The lowest BCUT2D eigenvalue weighted by molar-refractivity contribution is -0.0652. The molecule has 0 bridgehead atoms. The van der Waals surface area contributed by atoms with Crippen molar-refractivity contribution >= 4 is 25.0 Å². The van der Waals surface area contributed by atoms with E-state index in [4.69, 9.17) is 35.6 Å². The van der Waals surface area contributed by atoms with Crippen LogP contribution in [0, 0.1) is 17.9 Å². The fraction of sp³-hybridized carbons (Fsp3) is 0.684. The molecule has 4 rings (SSSR count). The highest BCUT2D eigenvalue weighted by atomic mass is 31.2. The number of fused-ring (bicyclic) bond motifs is 1. The normalized spacial score (nSPS) is 21.1. The van der Waals surface area contributed by atoms with Crippen molar-refractivity contribution in [3.05, 3.63) is 47.7 Å². The van der Waals surface area contributed by atoms with Crippen LogP contribution in [-0.2, 0) is 28.7 Å². The molecule has 3 aromatic rings. The number of nitrogens with zero attached hydrogens (tertiary/aromatic N) is 7. The smallest absolute Gasteiger partial charge is 0.467 e. The van der Waals surface area contributed by atoms with Gasteiger partial charge in [0.15, 0.2) is 5.82 Å². The molecule has 1 unspecified atom stereocenters. The maximum Gasteiger partial charge on any atom is 0.472 e. The van der Waals surface area contributed by atoms with Crippen LogP contribution < -0.4 is 10.5 Å². The van der Waals surface area contributed by atoms with Crippen molar-refractivity contribution < 1.29 is 42.9 Å². The van der Waals surface area contributed by atoms with Gasteiger partial charge < -0.3 is 39.9 Å². The first-order chi connectivity index (χ1) is 27.1. The second-order valence-electron chi connectivity index (χ2n) is 14.1. The van der Waals surface area contributed by atoms with Crippen molar-refractivity contribution in [2.45, 2.75) is 140 Å². The topological polar surface area (TPSA) is 234 Å². The molecule has 5 N–H and O–H groups in total. The summed E-state index contributed by atoms with van der Waals surface area (Å²) in [5.74, 6) is 0.244. The molecule has 3 aromatic heterocycles. The molecular formula is C38H57N8O9P. The SMILES string of the molecule is [C-]#[N+]c1ccc(O[C@H](COCCCCCCCCCCCCCCCCCC)COP(=O)(O)OC[C@H]2O[C@@](C#N)(c3ccc4c(N)ncnn34)[C@H](O)[C@@H]2O)nn1. The summed E-state index contributed by atoms with van der Waals surface area (Å²) >= 11 is 0. The molecule has 0 aromatic carbocycles. The fourth-order valence-electron chi connectivity index (χ4n) is 6.62. The molecule has 0 spiro atoms. The van der Waals surface area contributed by atoms with E-state index in [2.05, 4.69) is 32.0 Å². The molecule has 6 atom stereocenters. The summed E-state index contributed by atoms with van der Waals surface area (Å²) in [6, 6.07) is 7.74. The molecule has 1 aliphatic rings. The largest absolute Gasteiger partial charge is 0.472 e. The van der Waals surface area contributed by atoms with Crippen LogP contribution in [0.2, 0.25) is 0 Å². The quantitative estimate of drug-likeness (QED) is 0.0356. The number of aliphatic hydroxyl groups is 2. The maximum atomic E-state index is 13.0. The van der Waals surface area contributed by atoms with Crippen LogP contribution in [0.5, 0.6) is 5.88 Å². The van der Waals surface area contributed by atoms with Gasteiger partial charge in [-0.15, -0.1) is 0 Å². The second kappa shape index (κ2) is 23.5. The molecule has 18 heteroatoms. The van der Waals surface area contributed by atoms with Crippen molar-refractivity contribution in [2.75, 3.05) is 32.2 Å². The number of phosphoric ester groups is 1. The van der Waals surface area contributed by atoms with E-state index < -0.39 is 51.1 Å². The molecule has 4 heterocycles. The molecule has 308 valence electrons. The number of rotatable bonds is 28. The van der Waals surface area contributed by atoms with E-state index in [-0.39, 0.29) is 29.8 Å². The first-order valence-corrected chi connectivity index (χ1v) is 21.2. The van der Waals surface area contributed by atoms with Gasteiger partial charge in [0.1, 0.15) is 42.3 Å². The summed E-state index contributed by atoms with van der Waals surface area (Å²) in [7, 11) is -4.81. The lowest BCUT2D eigenvalue weighted by atomic mass is 9.92. The van der Waals surface area contributed by atoms with Crippen LogP contribution in [0.15, 0.2) is 30.6 Å². The van der Waals surface area contributed by atoms with E-state index in [9.17, 15) is 24.9 Å². The predicted octanol–water partition coefficient (Wildman–Crippen LogP) is 6.35. The number of aromatic nitrogens is 5. The summed E-state index contributed by atoms with van der Waals surface area (Å²) in [4.78, 5) is 17.6. The highest BCUT2D eigenvalue weighted by Crippen LogP contribution is 2.46. The van der Waals surface area contributed by atoms with E-state index >= 15 is 0 Å². The van der Waals surface area contributed by atoms with Crippen LogP contribution in [-0.4, -0.2) is 90.7 Å². The van der Waals surface area contributed by atoms with Gasteiger partial charge in [-0.25, -0.2) is 14.1 Å². The van der Waals surface area contributed by atoms with Crippen LogP contribution in [0.1, 0.15) is 115 Å². The molecule has 1 aliphatic heterocycles. The Kier molecular flexibility index (Phi) is 18.8. The second-order valence-corrected chi connectivity index (χ2v) is 15.6. The maximum absolute atomic E-state index is 13.0. The van der Waals surface area contributed by atoms with Crippen LogP contribution in [0.25, 0.3) is 10.4 Å². The Morgan fingerprint density at radius 1 is 0.964 bits per heavy atom. The van der Waals surface area contributed by atoms with Gasteiger partial charge >= 0.3 is 7.82 Å². The number of ether oxygens (including phenoxy) is 3. The lowest BCUT2D eigenvalue weighted by Crippen LogP contribution is -2.41. The van der Waals surface area contributed by atoms with Gasteiger partial charge in [0.25, 0.3) is 11.7 Å². The Balaban J connectivity index is 1.18. The van der Waals surface area contributed by atoms with Crippen molar-refractivity contribution in [2.24, 2.45) is 0 Å². The molecule has 0 saturated carbocycles. The fourth-order valence-corrected chi connectivity index (χ4v) is 7.39. The summed E-state index contributed by atoms with van der Waals surface area (Å²) in [5, 5.41) is 43.5. The summed E-state index contributed by atoms with van der Waals surface area (Å²) in [5.41, 5.74) is 4.19. The first kappa shape index (κ1) is 44.9. The van der Waals surface area contributed by atoms with Gasteiger partial charge in [0.05, 0.1) is 25.5 Å². The third-order valence-electron chi connectivity index (χ3n) is 9.79. The van der Waals surface area contributed by atoms with Crippen molar-refractivity contribution in [3.8, 4) is 11.9 Å². The number of nitriles is 1. The Hall–Kier alpha value is -3.77. The molecule has 0 amide bonds. The van der Waals surface area contributed by atoms with E-state index in [0.29, 0.717) is 12.1 Å². The molecule has 1 saturated heterocycles. The first-order valence-electron chi connectivity index (χ1n) is 19.8. The Morgan fingerprint density at radius 2 is 1.61 bits per heavy atom. The number of hydrogen-bond donors (Lipinski definition) is 4. The van der Waals surface area contributed by atoms with Gasteiger partial charge in [0, 0.05) is 11.7 Å². The van der Waals surface area contributed by atoms with E-state index in [0.717, 1.165) is 25.6 Å². The number of phosphoric acid groups is 1. The number of aliphatic hydroxyl groups excluding tert-OH is 2. The van der Waals surface area contributed by atoms with Crippen LogP contribution >= 0.6 is 7.82 Å². The minimum Gasteiger partial charge on any atom is -0.467 e. The molecule has 1 fully saturated rings. The summed E-state index contributed by atoms with van der Waals surface area (Å²) < 4.78 is 42.0. The summed E-state index contributed by atoms with van der Waals surface area (Å²) in [6.07, 6.45) is 15.6. The van der Waals surface area contributed by atoms with Crippen LogP contribution in [0.4, 0.5) is 11.6 Å². The van der Waals surface area contributed by atoms with Gasteiger partial charge in [-0.1, -0.05) is 110 Å². The van der Waals surface area contributed by atoms with E-state index in [1.54, 1.807) is 0 Å². The van der Waals surface area contributed by atoms with E-state index in [1.165, 1.54) is 112 Å². The number of hydrogen-bond acceptors (Lipinski definition) is 14. The standard InChI is InChI=1S/C38H57N8O9P/c1-3-4-5-6-7-8-9-10-11-12-13-14-15-16-17-18-23-51-24-29(54-34-22-21-33(41-2)44-45-34)25-52-56(49,50)53-26-31-35(47)36(48)38(27-39,55-31)32-20-19-30-37(40)42-28-43-46(30)32/h19-22,28-29,31,35-36,47-48H,3-18,23-26H2,1H3,(H,49,50)(H2,40,42,43)/t29-,31-,35-,36-,38+/m1/s1. The molecule has 0 aliphatic carbocycles. The van der Waals surface area contributed by atoms with Crippen molar-refractivity contribution in [3.63, 3.8) is 0 Å². The highest BCUT2D eigenvalue weighted by molar-refractivity contribution is 7.47. The molecule has 17 nitrogen and oxygen atoms in total. The average Bonchev–Trinajstić information content (AvgIpc) is 3.75.